The van der Waals surface area contributed by atoms with Crippen molar-refractivity contribution >= 4 is 22.6 Å². The molecule has 0 aromatic carbocycles. The highest BCUT2D eigenvalue weighted by Gasteiger charge is 2.52. The Morgan fingerprint density at radius 1 is 0.959 bits per heavy atom. The molecule has 4 atom stereocenters. The van der Waals surface area contributed by atoms with Gasteiger partial charge >= 0.3 is 5.97 Å². The van der Waals surface area contributed by atoms with Gasteiger partial charge in [-0.05, 0) is 110 Å². The van der Waals surface area contributed by atoms with Crippen LogP contribution in [0.1, 0.15) is 140 Å². The Labute approximate surface area is 304 Å². The minimum atomic E-state index is -2.38. The van der Waals surface area contributed by atoms with Gasteiger partial charge in [-0.25, -0.2) is 4.79 Å². The number of allylic oxidation sites excluding steroid dienone is 5. The van der Waals surface area contributed by atoms with Crippen LogP contribution in [0.3, 0.4) is 0 Å². The molecule has 7 heteroatoms. The van der Waals surface area contributed by atoms with E-state index < -0.39 is 28.0 Å². The minimum absolute atomic E-state index is 0.0208. The third kappa shape index (κ3) is 9.22. The van der Waals surface area contributed by atoms with E-state index in [1.54, 1.807) is 5.57 Å². The molecule has 0 saturated heterocycles. The van der Waals surface area contributed by atoms with Gasteiger partial charge in [0, 0.05) is 12.8 Å². The second-order valence-corrected chi connectivity index (χ2v) is 28.1. The summed E-state index contributed by atoms with van der Waals surface area (Å²) < 4.78 is 27.5. The highest BCUT2D eigenvalue weighted by atomic mass is 28.4. The molecule has 0 aliphatic heterocycles. The summed E-state index contributed by atoms with van der Waals surface area (Å²) >= 11 is 0. The average molecular weight is 715 g/mol. The second-order valence-electron chi connectivity index (χ2n) is 18.6. The van der Waals surface area contributed by atoms with Gasteiger partial charge in [0.25, 0.3) is 0 Å². The van der Waals surface area contributed by atoms with Crippen LogP contribution in [0.15, 0.2) is 47.1 Å². The van der Waals surface area contributed by atoms with Crippen molar-refractivity contribution in [2.45, 2.75) is 194 Å². The fraction of sp³-hybridized carbons (Fsp3) is 0.786. The van der Waals surface area contributed by atoms with Crippen molar-refractivity contribution in [3.05, 3.63) is 47.1 Å². The van der Waals surface area contributed by atoms with Gasteiger partial charge < -0.3 is 18.3 Å². The first-order chi connectivity index (χ1) is 22.4. The van der Waals surface area contributed by atoms with Gasteiger partial charge in [-0.1, -0.05) is 112 Å². The van der Waals surface area contributed by atoms with E-state index in [1.807, 2.05) is 0 Å². The molecule has 3 aliphatic carbocycles. The molecule has 2 fully saturated rings. The lowest BCUT2D eigenvalue weighted by molar-refractivity contribution is -0.220. The lowest BCUT2D eigenvalue weighted by Gasteiger charge is -2.51. The fourth-order valence-electron chi connectivity index (χ4n) is 7.82. The molecule has 0 bridgehead atoms. The second kappa shape index (κ2) is 15.4. The molecule has 3 aliphatic rings. The molecule has 0 spiro atoms. The summed E-state index contributed by atoms with van der Waals surface area (Å²) in [6, 6.07) is 0. The molecule has 1 unspecified atom stereocenters. The van der Waals surface area contributed by atoms with E-state index in [-0.39, 0.29) is 34.2 Å². The topological polar surface area (TPSA) is 54.0 Å². The van der Waals surface area contributed by atoms with Crippen LogP contribution in [0, 0.1) is 11.3 Å². The number of hydrogen-bond donors (Lipinski definition) is 0. The quantitative estimate of drug-likeness (QED) is 0.0823. The minimum Gasteiger partial charge on any atom is -0.457 e. The zero-order valence-corrected chi connectivity index (χ0v) is 36.4. The molecular formula is C42H74O5Si2. The van der Waals surface area contributed by atoms with Crippen LogP contribution in [-0.4, -0.2) is 46.7 Å². The number of ether oxygens (including phenoxy) is 2. The lowest BCUT2D eigenvalue weighted by atomic mass is 9.64. The van der Waals surface area contributed by atoms with Crippen LogP contribution in [0.4, 0.5) is 0 Å². The third-order valence-electron chi connectivity index (χ3n) is 13.6. The maximum absolute atomic E-state index is 13.5. The van der Waals surface area contributed by atoms with Crippen molar-refractivity contribution in [1.82, 2.24) is 0 Å². The van der Waals surface area contributed by atoms with Gasteiger partial charge in [-0.3, -0.25) is 0 Å². The zero-order chi connectivity index (χ0) is 37.3. The summed E-state index contributed by atoms with van der Waals surface area (Å²) in [6.07, 6.45) is 16.1. The SMILES string of the molecule is C=C1C(=CC=C2CCC[C@]3(C)C(CC)=CC[C@@H]23)C[C@](OCC(=O)OC(CC)(CC)CC)(O[Si](C)(C)C(C)(C)C)CC1O[Si](C)(C)C(C)(C)C. The summed E-state index contributed by atoms with van der Waals surface area (Å²) in [5, 5.41) is -0.0340. The standard InChI is InChI=1S/C42H74O5Si2/c1-17-34-25-26-35-32(22-21-27-40(34,35)12)23-24-33-28-42(47-49(15,16)39(9,10)11,44-30-37(43)45-41(18-2,19-3)20-4)29-36(31(33)5)46-48(13,14)38(6,7)8/h23-25,35-36H,5,17-22,26-30H2,1-4,6-16H3/t35-,36?,40+,42-/m0/s1. The number of carbonyl (C=O) groups excluding carboxylic acids is 1. The first-order valence-corrected chi connectivity index (χ1v) is 25.3. The van der Waals surface area contributed by atoms with Crippen LogP contribution in [0.5, 0.6) is 0 Å². The normalized spacial score (nSPS) is 29.0. The van der Waals surface area contributed by atoms with Gasteiger partial charge in [0.05, 0.1) is 6.10 Å². The van der Waals surface area contributed by atoms with Crippen LogP contribution in [0.2, 0.25) is 36.3 Å². The Morgan fingerprint density at radius 3 is 2.08 bits per heavy atom. The highest BCUT2D eigenvalue weighted by Crippen LogP contribution is 2.56. The molecule has 3 rings (SSSR count). The van der Waals surface area contributed by atoms with Crippen molar-refractivity contribution in [2.75, 3.05) is 6.61 Å². The number of rotatable bonds is 13. The van der Waals surface area contributed by atoms with Crippen molar-refractivity contribution in [3.63, 3.8) is 0 Å². The monoisotopic (exact) mass is 715 g/mol. The molecule has 2 saturated carbocycles. The van der Waals surface area contributed by atoms with Gasteiger partial charge in [0.15, 0.2) is 22.4 Å². The van der Waals surface area contributed by atoms with Crippen molar-refractivity contribution in [1.29, 1.82) is 0 Å². The van der Waals surface area contributed by atoms with E-state index in [4.69, 9.17) is 24.9 Å². The van der Waals surface area contributed by atoms with Gasteiger partial charge in [0.2, 0.25) is 0 Å². The van der Waals surface area contributed by atoms with Crippen LogP contribution in [-0.2, 0) is 23.1 Å². The van der Waals surface area contributed by atoms with Crippen molar-refractivity contribution in [2.24, 2.45) is 11.3 Å². The van der Waals surface area contributed by atoms with E-state index in [1.165, 1.54) is 18.4 Å². The van der Waals surface area contributed by atoms with Crippen LogP contribution < -0.4 is 0 Å². The van der Waals surface area contributed by atoms with Crippen molar-refractivity contribution < 1.29 is 23.1 Å². The smallest absolute Gasteiger partial charge is 0.332 e. The molecule has 0 amide bonds. The average Bonchev–Trinajstić information content (AvgIpc) is 3.35. The largest absolute Gasteiger partial charge is 0.457 e. The number of esters is 1. The van der Waals surface area contributed by atoms with E-state index in [2.05, 4.69) is 121 Å². The summed E-state index contributed by atoms with van der Waals surface area (Å²) in [6.45, 7) is 38.3. The molecule has 280 valence electrons. The molecule has 0 heterocycles. The Bertz CT molecular complexity index is 1280. The number of fused-ring (bicyclic) bond motifs is 1. The maximum atomic E-state index is 13.5. The first kappa shape index (κ1) is 42.2. The summed E-state index contributed by atoms with van der Waals surface area (Å²) in [7, 11) is -4.59. The Morgan fingerprint density at radius 2 is 1.55 bits per heavy atom. The summed E-state index contributed by atoms with van der Waals surface area (Å²) in [4.78, 5) is 13.5. The molecule has 5 nitrogen and oxygen atoms in total. The number of carbonyl (C=O) groups is 1. The van der Waals surface area contributed by atoms with Crippen LogP contribution >= 0.6 is 0 Å². The zero-order valence-electron chi connectivity index (χ0n) is 34.4. The maximum Gasteiger partial charge on any atom is 0.332 e. The Balaban J connectivity index is 2.11. The van der Waals surface area contributed by atoms with E-state index in [0.29, 0.717) is 18.8 Å². The van der Waals surface area contributed by atoms with Gasteiger partial charge in [-0.2, -0.15) is 0 Å². The molecule has 0 aromatic rings. The van der Waals surface area contributed by atoms with E-state index in [0.717, 1.165) is 49.7 Å². The third-order valence-corrected chi connectivity index (χ3v) is 22.5. The summed E-state index contributed by atoms with van der Waals surface area (Å²) in [5.74, 6) is -0.816. The van der Waals surface area contributed by atoms with Gasteiger partial charge in [-0.15, -0.1) is 0 Å². The van der Waals surface area contributed by atoms with E-state index in [9.17, 15) is 4.79 Å². The van der Waals surface area contributed by atoms with E-state index >= 15 is 0 Å². The Kier molecular flexibility index (Phi) is 13.2. The van der Waals surface area contributed by atoms with Crippen LogP contribution in [0.25, 0.3) is 0 Å². The molecule has 49 heavy (non-hydrogen) atoms. The van der Waals surface area contributed by atoms with Gasteiger partial charge in [0.1, 0.15) is 12.2 Å². The number of hydrogen-bond acceptors (Lipinski definition) is 5. The Hall–Kier alpha value is -1.26. The molecule has 0 aromatic heterocycles. The van der Waals surface area contributed by atoms with Crippen molar-refractivity contribution in [3.8, 4) is 0 Å². The predicted molar refractivity (Wildman–Crippen MR) is 212 cm³/mol. The lowest BCUT2D eigenvalue weighted by Crippen LogP contribution is -2.56. The highest BCUT2D eigenvalue weighted by molar-refractivity contribution is 6.74. The molecular weight excluding hydrogens is 641 g/mol. The predicted octanol–water partition coefficient (Wildman–Crippen LogP) is 12.4. The molecule has 0 N–H and O–H groups in total. The summed E-state index contributed by atoms with van der Waals surface area (Å²) in [5.41, 5.74) is 5.08. The first-order valence-electron chi connectivity index (χ1n) is 19.5. The fourth-order valence-corrected chi connectivity index (χ4v) is 10.6. The molecule has 0 radical (unpaired) electrons.